The molecular formula is C23H28ClN5O3. The van der Waals surface area contributed by atoms with Crippen LogP contribution in [0.5, 0.6) is 0 Å². The normalized spacial score (nSPS) is 19.2. The minimum absolute atomic E-state index is 0.0668. The van der Waals surface area contributed by atoms with Crippen LogP contribution in [0.15, 0.2) is 47.7 Å². The lowest BCUT2D eigenvalue weighted by molar-refractivity contribution is -0.134. The first-order chi connectivity index (χ1) is 15.5. The second-order valence-electron chi connectivity index (χ2n) is 7.99. The Morgan fingerprint density at radius 3 is 2.53 bits per heavy atom. The van der Waals surface area contributed by atoms with E-state index in [1.807, 2.05) is 54.2 Å². The lowest BCUT2D eigenvalue weighted by Gasteiger charge is -2.34. The maximum Gasteiger partial charge on any atom is 0.409 e. The minimum atomic E-state index is -0.296. The molecule has 2 aliphatic heterocycles. The van der Waals surface area contributed by atoms with Crippen LogP contribution < -0.4 is 0 Å². The van der Waals surface area contributed by atoms with Gasteiger partial charge in [0.25, 0.3) is 5.91 Å². The zero-order chi connectivity index (χ0) is 22.7. The van der Waals surface area contributed by atoms with Crippen molar-refractivity contribution < 1.29 is 14.3 Å². The molecule has 9 heteroatoms. The van der Waals surface area contributed by atoms with E-state index in [9.17, 15) is 9.59 Å². The zero-order valence-corrected chi connectivity index (χ0v) is 19.2. The molecule has 0 radical (unpaired) electrons. The number of aryl methyl sites for hydroxylation is 1. The van der Waals surface area contributed by atoms with Gasteiger partial charge in [0, 0.05) is 62.1 Å². The average Bonchev–Trinajstić information content (AvgIpc) is 3.41. The van der Waals surface area contributed by atoms with Gasteiger partial charge in [0.15, 0.2) is 0 Å². The largest absolute Gasteiger partial charge is 0.450 e. The number of hydrazone groups is 1. The molecule has 0 N–H and O–H groups in total. The van der Waals surface area contributed by atoms with Crippen molar-refractivity contribution in [2.24, 2.45) is 12.1 Å². The molecule has 2 aromatic rings. The van der Waals surface area contributed by atoms with Crippen LogP contribution in [-0.4, -0.2) is 76.4 Å². The Morgan fingerprint density at radius 1 is 1.12 bits per heavy atom. The number of nitrogens with zero attached hydrogens (tertiary/aromatic N) is 5. The Morgan fingerprint density at radius 2 is 1.88 bits per heavy atom. The van der Waals surface area contributed by atoms with Crippen LogP contribution in [0.4, 0.5) is 4.79 Å². The minimum Gasteiger partial charge on any atom is -0.450 e. The first kappa shape index (κ1) is 22.4. The van der Waals surface area contributed by atoms with Gasteiger partial charge in [0.05, 0.1) is 18.9 Å². The summed E-state index contributed by atoms with van der Waals surface area (Å²) in [5.74, 6) is -0.0668. The third-order valence-electron chi connectivity index (χ3n) is 5.93. The number of piperazine rings is 1. The molecule has 32 heavy (non-hydrogen) atoms. The van der Waals surface area contributed by atoms with E-state index in [2.05, 4.69) is 4.90 Å². The van der Waals surface area contributed by atoms with Crippen LogP contribution in [0.25, 0.3) is 0 Å². The lowest BCUT2D eigenvalue weighted by atomic mass is 10.0. The Balaban J connectivity index is 1.49. The number of benzene rings is 1. The Labute approximate surface area is 193 Å². The molecule has 2 amide bonds. The lowest BCUT2D eigenvalue weighted by Crippen LogP contribution is -2.51. The topological polar surface area (TPSA) is 70.4 Å². The number of hydrogen-bond acceptors (Lipinski definition) is 5. The molecule has 0 aliphatic carbocycles. The van der Waals surface area contributed by atoms with E-state index in [-0.39, 0.29) is 24.6 Å². The number of amides is 2. The van der Waals surface area contributed by atoms with E-state index in [0.29, 0.717) is 44.2 Å². The summed E-state index contributed by atoms with van der Waals surface area (Å²) >= 11 is 6.41. The molecule has 0 bridgehead atoms. The van der Waals surface area contributed by atoms with E-state index in [1.165, 1.54) is 0 Å². The molecule has 1 aromatic heterocycles. The van der Waals surface area contributed by atoms with Gasteiger partial charge in [0.2, 0.25) is 0 Å². The summed E-state index contributed by atoms with van der Waals surface area (Å²) in [5.41, 5.74) is 2.69. The standard InChI is InChI=1S/C23H28ClN5O3/c1-3-32-23(31)28-13-11-27(12-14-28)16-22(30)29-21(20-9-6-10-26(20)2)15-19(25-29)17-7-4-5-8-18(17)24/h4-10,21H,3,11-16H2,1-2H3. The van der Waals surface area contributed by atoms with Crippen LogP contribution >= 0.6 is 11.6 Å². The van der Waals surface area contributed by atoms with E-state index in [4.69, 9.17) is 21.4 Å². The molecule has 8 nitrogen and oxygen atoms in total. The highest BCUT2D eigenvalue weighted by molar-refractivity contribution is 6.34. The van der Waals surface area contributed by atoms with Gasteiger partial charge in [-0.1, -0.05) is 29.8 Å². The van der Waals surface area contributed by atoms with Crippen LogP contribution in [0.1, 0.15) is 30.6 Å². The summed E-state index contributed by atoms with van der Waals surface area (Å²) in [6.45, 7) is 4.73. The van der Waals surface area contributed by atoms with Crippen molar-refractivity contribution in [1.82, 2.24) is 19.4 Å². The molecule has 1 atom stereocenters. The molecule has 3 heterocycles. The highest BCUT2D eigenvalue weighted by Crippen LogP contribution is 2.34. The van der Waals surface area contributed by atoms with Crippen molar-refractivity contribution in [3.8, 4) is 0 Å². The number of carbonyl (C=O) groups is 2. The van der Waals surface area contributed by atoms with Gasteiger partial charge in [-0.3, -0.25) is 9.69 Å². The predicted octanol–water partition coefficient (Wildman–Crippen LogP) is 3.13. The molecule has 1 unspecified atom stereocenters. The molecule has 0 spiro atoms. The average molecular weight is 458 g/mol. The summed E-state index contributed by atoms with van der Waals surface area (Å²) < 4.78 is 7.09. The van der Waals surface area contributed by atoms with Crippen LogP contribution in [-0.2, 0) is 16.6 Å². The summed E-state index contributed by atoms with van der Waals surface area (Å²) in [6.07, 6.45) is 2.28. The van der Waals surface area contributed by atoms with Crippen molar-refractivity contribution >= 4 is 29.3 Å². The van der Waals surface area contributed by atoms with Crippen LogP contribution in [0.2, 0.25) is 5.02 Å². The van der Waals surface area contributed by atoms with Gasteiger partial charge in [-0.2, -0.15) is 5.10 Å². The predicted molar refractivity (Wildman–Crippen MR) is 123 cm³/mol. The van der Waals surface area contributed by atoms with Gasteiger partial charge in [0.1, 0.15) is 6.04 Å². The maximum atomic E-state index is 13.3. The number of hydrogen-bond donors (Lipinski definition) is 0. The highest BCUT2D eigenvalue weighted by Gasteiger charge is 2.36. The van der Waals surface area contributed by atoms with Gasteiger partial charge >= 0.3 is 6.09 Å². The Hall–Kier alpha value is -2.84. The molecule has 170 valence electrons. The fourth-order valence-electron chi connectivity index (χ4n) is 4.22. The smallest absolute Gasteiger partial charge is 0.409 e. The number of ether oxygens (including phenoxy) is 1. The molecule has 1 aromatic carbocycles. The number of aromatic nitrogens is 1. The Kier molecular flexibility index (Phi) is 6.81. The van der Waals surface area contributed by atoms with E-state index in [0.717, 1.165) is 17.0 Å². The van der Waals surface area contributed by atoms with E-state index in [1.54, 1.807) is 16.8 Å². The maximum absolute atomic E-state index is 13.3. The van der Waals surface area contributed by atoms with Crippen molar-refractivity contribution in [3.63, 3.8) is 0 Å². The summed E-state index contributed by atoms with van der Waals surface area (Å²) in [5, 5.41) is 6.95. The molecule has 1 saturated heterocycles. The van der Waals surface area contributed by atoms with Gasteiger partial charge in [-0.05, 0) is 25.1 Å². The first-order valence-electron chi connectivity index (χ1n) is 10.9. The summed E-state index contributed by atoms with van der Waals surface area (Å²) in [6, 6.07) is 11.4. The molecular weight excluding hydrogens is 430 g/mol. The van der Waals surface area contributed by atoms with Crippen molar-refractivity contribution in [1.29, 1.82) is 0 Å². The van der Waals surface area contributed by atoms with Gasteiger partial charge < -0.3 is 14.2 Å². The van der Waals surface area contributed by atoms with Gasteiger partial charge in [-0.25, -0.2) is 9.80 Å². The first-order valence-corrected chi connectivity index (χ1v) is 11.3. The fraction of sp³-hybridized carbons (Fsp3) is 0.435. The van der Waals surface area contributed by atoms with Crippen molar-refractivity contribution in [2.45, 2.75) is 19.4 Å². The number of rotatable bonds is 5. The van der Waals surface area contributed by atoms with Crippen LogP contribution in [0.3, 0.4) is 0 Å². The second kappa shape index (κ2) is 9.75. The summed E-state index contributed by atoms with van der Waals surface area (Å²) in [4.78, 5) is 29.0. The number of carbonyl (C=O) groups excluding carboxylic acids is 2. The van der Waals surface area contributed by atoms with Crippen LogP contribution in [0, 0.1) is 0 Å². The zero-order valence-electron chi connectivity index (χ0n) is 18.4. The molecule has 0 saturated carbocycles. The SMILES string of the molecule is CCOC(=O)N1CCN(CC(=O)N2N=C(c3ccccc3Cl)CC2c2cccn2C)CC1. The van der Waals surface area contributed by atoms with Gasteiger partial charge in [-0.15, -0.1) is 0 Å². The quantitative estimate of drug-likeness (QED) is 0.691. The van der Waals surface area contributed by atoms with Crippen molar-refractivity contribution in [2.75, 3.05) is 39.3 Å². The number of halogens is 1. The molecule has 4 rings (SSSR count). The molecule has 2 aliphatic rings. The second-order valence-corrected chi connectivity index (χ2v) is 8.40. The van der Waals surface area contributed by atoms with E-state index >= 15 is 0 Å². The fourth-order valence-corrected chi connectivity index (χ4v) is 4.46. The summed E-state index contributed by atoms with van der Waals surface area (Å²) in [7, 11) is 1.97. The van der Waals surface area contributed by atoms with Crippen molar-refractivity contribution in [3.05, 3.63) is 58.9 Å². The monoisotopic (exact) mass is 457 g/mol. The van der Waals surface area contributed by atoms with E-state index < -0.39 is 0 Å². The third-order valence-corrected chi connectivity index (χ3v) is 6.26. The highest BCUT2D eigenvalue weighted by atomic mass is 35.5. The molecule has 1 fully saturated rings. The third kappa shape index (κ3) is 4.66. The Bertz CT molecular complexity index is 1010.